The fourth-order valence-corrected chi connectivity index (χ4v) is 2.18. The lowest BCUT2D eigenvalue weighted by Gasteiger charge is -2.08. The third kappa shape index (κ3) is 3.22. The molecule has 0 aliphatic heterocycles. The van der Waals surface area contributed by atoms with Crippen molar-refractivity contribution in [1.82, 2.24) is 25.5 Å². The van der Waals surface area contributed by atoms with Gasteiger partial charge in [0.2, 0.25) is 0 Å². The zero-order valence-corrected chi connectivity index (χ0v) is 12.1. The van der Waals surface area contributed by atoms with Crippen LogP contribution in [-0.4, -0.2) is 26.2 Å². The van der Waals surface area contributed by atoms with E-state index < -0.39 is 0 Å². The number of aromatic nitrogens is 4. The zero-order chi connectivity index (χ0) is 13.9. The fourth-order valence-electron chi connectivity index (χ4n) is 2.18. The summed E-state index contributed by atoms with van der Waals surface area (Å²) in [6.45, 7) is 5.89. The molecule has 1 fully saturated rings. The minimum Gasteiger partial charge on any atom is -0.307 e. The van der Waals surface area contributed by atoms with Gasteiger partial charge in [-0.15, -0.1) is 5.10 Å². The minimum atomic E-state index is 0.565. The first kappa shape index (κ1) is 13.2. The van der Waals surface area contributed by atoms with Crippen molar-refractivity contribution in [1.29, 1.82) is 0 Å². The number of hydrogen-bond donors (Lipinski definition) is 1. The number of tetrazole rings is 1. The van der Waals surface area contributed by atoms with Crippen molar-refractivity contribution in [3.05, 3.63) is 41.2 Å². The quantitative estimate of drug-likeness (QED) is 0.874. The first-order chi connectivity index (χ1) is 9.72. The molecule has 1 aromatic heterocycles. The highest BCUT2D eigenvalue weighted by atomic mass is 15.5. The summed E-state index contributed by atoms with van der Waals surface area (Å²) in [5.41, 5.74) is 2.59. The highest BCUT2D eigenvalue weighted by Crippen LogP contribution is 2.19. The maximum Gasteiger partial charge on any atom is 0.165 e. The van der Waals surface area contributed by atoms with E-state index in [9.17, 15) is 0 Å². The number of nitrogens with one attached hydrogen (secondary N) is 1. The van der Waals surface area contributed by atoms with E-state index in [0.29, 0.717) is 12.0 Å². The fraction of sp³-hybridized carbons (Fsp3) is 0.533. The molecule has 0 unspecified atom stereocenters. The zero-order valence-electron chi connectivity index (χ0n) is 12.1. The van der Waals surface area contributed by atoms with Crippen LogP contribution < -0.4 is 5.32 Å². The van der Waals surface area contributed by atoms with Crippen LogP contribution in [0.2, 0.25) is 0 Å². The first-order valence-corrected chi connectivity index (χ1v) is 7.29. The molecule has 20 heavy (non-hydrogen) atoms. The number of rotatable bonds is 6. The molecule has 1 aliphatic rings. The molecule has 5 nitrogen and oxygen atoms in total. The normalized spacial score (nSPS) is 14.9. The molecule has 0 saturated heterocycles. The molecule has 0 spiro atoms. The van der Waals surface area contributed by atoms with Crippen LogP contribution in [0, 0.1) is 0 Å². The van der Waals surface area contributed by atoms with Crippen molar-refractivity contribution in [2.24, 2.45) is 0 Å². The van der Waals surface area contributed by atoms with E-state index in [4.69, 9.17) is 0 Å². The van der Waals surface area contributed by atoms with Crippen LogP contribution in [0.25, 0.3) is 0 Å². The molecular weight excluding hydrogens is 250 g/mol. The summed E-state index contributed by atoms with van der Waals surface area (Å²) in [5.74, 6) is 1.47. The predicted octanol–water partition coefficient (Wildman–Crippen LogP) is 2.10. The molecule has 0 amide bonds. The van der Waals surface area contributed by atoms with E-state index in [2.05, 4.69) is 59.0 Å². The molecule has 5 heteroatoms. The topological polar surface area (TPSA) is 55.6 Å². The Morgan fingerprint density at radius 1 is 1.25 bits per heavy atom. The maximum absolute atomic E-state index is 4.10. The molecule has 1 N–H and O–H groups in total. The highest BCUT2D eigenvalue weighted by molar-refractivity contribution is 5.24. The lowest BCUT2D eigenvalue weighted by atomic mass is 10.0. The average Bonchev–Trinajstić information content (AvgIpc) is 3.18. The van der Waals surface area contributed by atoms with Crippen LogP contribution in [0.5, 0.6) is 0 Å². The maximum atomic E-state index is 4.10. The highest BCUT2D eigenvalue weighted by Gasteiger charge is 2.21. The van der Waals surface area contributed by atoms with Crippen molar-refractivity contribution in [3.8, 4) is 0 Å². The largest absolute Gasteiger partial charge is 0.307 e. The van der Waals surface area contributed by atoms with Crippen LogP contribution >= 0.6 is 0 Å². The summed E-state index contributed by atoms with van der Waals surface area (Å²) in [4.78, 5) is 0. The van der Waals surface area contributed by atoms with Gasteiger partial charge in [0.05, 0.1) is 13.1 Å². The summed E-state index contributed by atoms with van der Waals surface area (Å²) in [5, 5.41) is 15.4. The molecule has 3 rings (SSSR count). The SMILES string of the molecule is CC(C)c1ccc(Cn2nnnc2CNC2CC2)cc1. The average molecular weight is 271 g/mol. The van der Waals surface area contributed by atoms with Crippen molar-refractivity contribution < 1.29 is 0 Å². The molecule has 1 heterocycles. The standard InChI is InChI=1S/C15H21N5/c1-11(2)13-5-3-12(4-6-13)10-20-15(17-18-19-20)9-16-14-7-8-14/h3-6,11,14,16H,7-10H2,1-2H3. The Balaban J connectivity index is 1.65. The third-order valence-corrected chi connectivity index (χ3v) is 3.71. The van der Waals surface area contributed by atoms with Crippen LogP contribution in [0.4, 0.5) is 0 Å². The van der Waals surface area contributed by atoms with Gasteiger partial charge in [-0.3, -0.25) is 0 Å². The van der Waals surface area contributed by atoms with Gasteiger partial charge in [0.15, 0.2) is 5.82 Å². The summed E-state index contributed by atoms with van der Waals surface area (Å²) in [6.07, 6.45) is 2.55. The Labute approximate surface area is 119 Å². The van der Waals surface area contributed by atoms with Crippen molar-refractivity contribution in [3.63, 3.8) is 0 Å². The third-order valence-electron chi connectivity index (χ3n) is 3.71. The van der Waals surface area contributed by atoms with Crippen LogP contribution in [0.1, 0.15) is 49.6 Å². The smallest absolute Gasteiger partial charge is 0.165 e. The van der Waals surface area contributed by atoms with Gasteiger partial charge in [-0.25, -0.2) is 4.68 Å². The van der Waals surface area contributed by atoms with E-state index in [1.54, 1.807) is 0 Å². The molecule has 0 radical (unpaired) electrons. The van der Waals surface area contributed by atoms with Gasteiger partial charge in [0, 0.05) is 6.04 Å². The van der Waals surface area contributed by atoms with Crippen molar-refractivity contribution in [2.45, 2.75) is 51.7 Å². The summed E-state index contributed by atoms with van der Waals surface area (Å²) >= 11 is 0. The van der Waals surface area contributed by atoms with E-state index in [1.807, 2.05) is 4.68 Å². The number of nitrogens with zero attached hydrogens (tertiary/aromatic N) is 4. The number of hydrogen-bond acceptors (Lipinski definition) is 4. The summed E-state index contributed by atoms with van der Waals surface area (Å²) in [6, 6.07) is 9.37. The molecule has 2 aromatic rings. The molecule has 0 bridgehead atoms. The Morgan fingerprint density at radius 2 is 2.00 bits per heavy atom. The van der Waals surface area contributed by atoms with Crippen LogP contribution in [0.3, 0.4) is 0 Å². The Morgan fingerprint density at radius 3 is 2.65 bits per heavy atom. The second-order valence-electron chi connectivity index (χ2n) is 5.80. The Hall–Kier alpha value is -1.75. The lowest BCUT2D eigenvalue weighted by Crippen LogP contribution is -2.19. The first-order valence-electron chi connectivity index (χ1n) is 7.29. The molecular formula is C15H21N5. The monoisotopic (exact) mass is 271 g/mol. The number of benzene rings is 1. The van der Waals surface area contributed by atoms with Gasteiger partial charge in [-0.05, 0) is 40.3 Å². The van der Waals surface area contributed by atoms with Gasteiger partial charge in [-0.1, -0.05) is 38.1 Å². The van der Waals surface area contributed by atoms with Gasteiger partial charge in [-0.2, -0.15) is 0 Å². The predicted molar refractivity (Wildman–Crippen MR) is 77.3 cm³/mol. The minimum absolute atomic E-state index is 0.565. The van der Waals surface area contributed by atoms with Crippen molar-refractivity contribution in [2.75, 3.05) is 0 Å². The van der Waals surface area contributed by atoms with Gasteiger partial charge in [0.25, 0.3) is 0 Å². The summed E-state index contributed by atoms with van der Waals surface area (Å²) < 4.78 is 1.87. The van der Waals surface area contributed by atoms with E-state index in [0.717, 1.165) is 18.9 Å². The van der Waals surface area contributed by atoms with Crippen molar-refractivity contribution >= 4 is 0 Å². The van der Waals surface area contributed by atoms with E-state index >= 15 is 0 Å². The molecule has 1 aliphatic carbocycles. The second kappa shape index (κ2) is 5.71. The molecule has 1 saturated carbocycles. The summed E-state index contributed by atoms with van der Waals surface area (Å²) in [7, 11) is 0. The van der Waals surface area contributed by atoms with Gasteiger partial charge < -0.3 is 5.32 Å². The van der Waals surface area contributed by atoms with E-state index in [1.165, 1.54) is 24.0 Å². The van der Waals surface area contributed by atoms with Gasteiger partial charge >= 0.3 is 0 Å². The Kier molecular flexibility index (Phi) is 3.78. The van der Waals surface area contributed by atoms with Crippen LogP contribution in [-0.2, 0) is 13.1 Å². The Bertz CT molecular complexity index is 554. The van der Waals surface area contributed by atoms with Crippen LogP contribution in [0.15, 0.2) is 24.3 Å². The van der Waals surface area contributed by atoms with Gasteiger partial charge in [0.1, 0.15) is 0 Å². The lowest BCUT2D eigenvalue weighted by molar-refractivity contribution is 0.577. The second-order valence-corrected chi connectivity index (χ2v) is 5.80. The molecule has 0 atom stereocenters. The molecule has 106 valence electrons. The van der Waals surface area contributed by atoms with E-state index in [-0.39, 0.29) is 0 Å². The molecule has 1 aromatic carbocycles.